The summed E-state index contributed by atoms with van der Waals surface area (Å²) in [6, 6.07) is 4.78. The fourth-order valence-corrected chi connectivity index (χ4v) is 16.9. The van der Waals surface area contributed by atoms with E-state index in [4.69, 9.17) is 32.4 Å². The Bertz CT molecular complexity index is 2390. The Balaban J connectivity index is 0.923. The van der Waals surface area contributed by atoms with Crippen molar-refractivity contribution in [2.24, 2.45) is 67.5 Å². The minimum Gasteiger partial charge on any atom is -0.487 e. The number of amides is 2. The van der Waals surface area contributed by atoms with E-state index in [1.165, 1.54) is 5.57 Å². The van der Waals surface area contributed by atoms with Crippen molar-refractivity contribution in [2.45, 2.75) is 164 Å². The molecule has 0 aromatic heterocycles. The highest BCUT2D eigenvalue weighted by Crippen LogP contribution is 2.89. The summed E-state index contributed by atoms with van der Waals surface area (Å²) in [7, 11) is 0. The second kappa shape index (κ2) is 16.1. The number of fused-ring (bicyclic) bond motifs is 6. The number of carbonyl (C=O) groups is 5. The van der Waals surface area contributed by atoms with E-state index in [2.05, 4.69) is 52.2 Å². The van der Waals surface area contributed by atoms with E-state index in [-0.39, 0.29) is 81.4 Å². The summed E-state index contributed by atoms with van der Waals surface area (Å²) in [5, 5.41) is 28.5. The maximum Gasteiger partial charge on any atom is 0.309 e. The number of carbonyl (C=O) groups excluding carboxylic acids is 4. The number of benzene rings is 1. The Hall–Kier alpha value is -3.74. The molecule has 1 aromatic carbocycles. The number of nitrogens with one attached hydrogen (secondary N) is 2. The maximum absolute atomic E-state index is 14.4. The summed E-state index contributed by atoms with van der Waals surface area (Å²) in [5.74, 6) is -2.32. The molecule has 8 aliphatic rings. The number of ketones is 1. The molecule has 0 bridgehead atoms. The van der Waals surface area contributed by atoms with Crippen LogP contribution in [0.2, 0.25) is 5.02 Å². The Morgan fingerprint density at radius 3 is 2.29 bits per heavy atom. The van der Waals surface area contributed by atoms with Crippen LogP contribution < -0.4 is 15.4 Å². The van der Waals surface area contributed by atoms with Crippen molar-refractivity contribution in [1.29, 1.82) is 0 Å². The van der Waals surface area contributed by atoms with Crippen LogP contribution in [-0.2, 0) is 28.7 Å². The molecule has 2 amide bonds. The van der Waals surface area contributed by atoms with Crippen LogP contribution in [0.15, 0.2) is 41.5 Å². The van der Waals surface area contributed by atoms with Crippen LogP contribution in [-0.4, -0.2) is 83.4 Å². The van der Waals surface area contributed by atoms with E-state index in [1.54, 1.807) is 32.0 Å². The predicted molar refractivity (Wildman–Crippen MR) is 257 cm³/mol. The van der Waals surface area contributed by atoms with Crippen LogP contribution in [0.5, 0.6) is 5.75 Å². The smallest absolute Gasteiger partial charge is 0.309 e. The number of carboxylic acid groups (broad SMARTS) is 1. The molecule has 12 nitrogen and oxygen atoms in total. The quantitative estimate of drug-likeness (QED) is 0.117. The molecule has 4 N–H and O–H groups in total. The highest BCUT2D eigenvalue weighted by molar-refractivity contribution is 6.30. The van der Waals surface area contributed by atoms with Gasteiger partial charge in [0.15, 0.2) is 5.78 Å². The number of aliphatic carboxylic acids is 1. The lowest BCUT2D eigenvalue weighted by atomic mass is 9.33. The average Bonchev–Trinajstić information content (AvgIpc) is 3.59. The minimum atomic E-state index is -1.37. The maximum atomic E-state index is 14.4. The van der Waals surface area contributed by atoms with Gasteiger partial charge in [-0.2, -0.15) is 0 Å². The van der Waals surface area contributed by atoms with Crippen LogP contribution >= 0.6 is 11.6 Å². The summed E-state index contributed by atoms with van der Waals surface area (Å²) in [4.78, 5) is 67.8. The number of esters is 1. The molecule has 1 aliphatic heterocycles. The minimum absolute atomic E-state index is 0.0349. The molecule has 6 saturated carbocycles. The second-order valence-electron chi connectivity index (χ2n) is 24.8. The first-order chi connectivity index (χ1) is 31.7. The fourth-order valence-electron chi connectivity index (χ4n) is 16.8. The van der Waals surface area contributed by atoms with Gasteiger partial charge in [0.25, 0.3) is 5.91 Å². The Morgan fingerprint density at radius 2 is 1.65 bits per heavy atom. The molecule has 68 heavy (non-hydrogen) atoms. The van der Waals surface area contributed by atoms with Crippen molar-refractivity contribution in [2.75, 3.05) is 19.8 Å². The lowest BCUT2D eigenvalue weighted by Crippen LogP contribution is -2.65. The van der Waals surface area contributed by atoms with Gasteiger partial charge in [-0.15, -0.1) is 0 Å². The van der Waals surface area contributed by atoms with Gasteiger partial charge in [0.05, 0.1) is 36.7 Å². The second-order valence-corrected chi connectivity index (χ2v) is 25.2. The van der Waals surface area contributed by atoms with Gasteiger partial charge in [0.1, 0.15) is 23.5 Å². The number of allylic oxidation sites excluding steroid dienone is 1. The van der Waals surface area contributed by atoms with Gasteiger partial charge >= 0.3 is 11.9 Å². The van der Waals surface area contributed by atoms with Crippen LogP contribution in [0.1, 0.15) is 150 Å². The van der Waals surface area contributed by atoms with Crippen molar-refractivity contribution in [3.63, 3.8) is 0 Å². The number of hydrogen-bond acceptors (Lipinski definition) is 9. The number of aliphatic hydroxyl groups is 1. The van der Waals surface area contributed by atoms with E-state index < -0.39 is 52.1 Å². The number of hydrogen-bond donors (Lipinski definition) is 4. The molecule has 1 heterocycles. The number of Topliss-reactive ketones (excluding diaryl/α,β-unsaturated/α-hetero) is 1. The number of aliphatic hydroxyl groups excluding tert-OH is 1. The number of ether oxygens (including phenoxy) is 3. The highest BCUT2D eigenvalue weighted by Gasteiger charge is 2.85. The molecule has 1 saturated heterocycles. The number of halogens is 1. The Morgan fingerprint density at radius 1 is 0.941 bits per heavy atom. The topological polar surface area (TPSA) is 178 Å². The molecule has 7 aliphatic carbocycles. The van der Waals surface area contributed by atoms with Crippen LogP contribution in [0.25, 0.3) is 0 Å². The van der Waals surface area contributed by atoms with E-state index >= 15 is 0 Å². The third-order valence-corrected chi connectivity index (χ3v) is 21.3. The van der Waals surface area contributed by atoms with Crippen molar-refractivity contribution in [1.82, 2.24) is 10.6 Å². The SMILES string of the molecule is C=C1[C@@]23CC[C@]4(C)[C@H](CCC5C6=C(C(C)C)C(=O)C[C@]6([C@@H](O)CNC(=O)C(C)(C)NC(=O)c6ccc(Cl)cc6O[C@@H]6CCOC6)CC[C@]54C)[C@@]2(C)CCC(OC(=O)[C@H]2C[C@@H](C(=O)O)C2(C)C)[C@@]13C. The zero-order valence-corrected chi connectivity index (χ0v) is 42.8. The molecule has 9 rings (SSSR count). The standard InChI is InChI=1S/C55H75ClN2O10/c1-29(2)42-37(59)26-54(40(60)27-57-47(65)49(6,7)58-44(61)33-13-12-31(56)24-38(33)67-32-17-23-66-28-32)21-19-50(8)34(43(42)54)14-15-39-51(50,9)20-22-55-30(3)53(55,11)41(16-18-52(39,55)10)68-46(64)36-25-35(45(62)63)48(36,4)5/h12-13,24,29,32,34-36,39-41,60H,3,14-23,25-28H2,1-2,4-11H3,(H,57,65)(H,58,61)(H,62,63)/t32-,34?,35+,36-,39+,40+,41?,50-,51-,52-,53-,54+,55+/m1/s1. The Labute approximate surface area is 407 Å². The van der Waals surface area contributed by atoms with Gasteiger partial charge in [0.2, 0.25) is 5.91 Å². The zero-order valence-electron chi connectivity index (χ0n) is 42.0. The van der Waals surface area contributed by atoms with Gasteiger partial charge in [-0.05, 0) is 135 Å². The largest absolute Gasteiger partial charge is 0.487 e. The average molecular weight is 960 g/mol. The molecule has 13 atom stereocenters. The molecule has 13 heteroatoms. The first-order valence-electron chi connectivity index (χ1n) is 25.4. The number of rotatable bonds is 12. The van der Waals surface area contributed by atoms with Crippen LogP contribution in [0.3, 0.4) is 0 Å². The normalized spacial score (nSPS) is 40.4. The van der Waals surface area contributed by atoms with Crippen molar-refractivity contribution < 1.29 is 48.4 Å². The van der Waals surface area contributed by atoms with Crippen LogP contribution in [0.4, 0.5) is 0 Å². The summed E-state index contributed by atoms with van der Waals surface area (Å²) in [5.41, 5.74) is -0.400. The van der Waals surface area contributed by atoms with E-state index in [0.29, 0.717) is 49.2 Å². The van der Waals surface area contributed by atoms with Crippen LogP contribution in [0, 0.1) is 67.5 Å². The zero-order chi connectivity index (χ0) is 49.5. The number of carboxylic acids is 1. The van der Waals surface area contributed by atoms with Gasteiger partial charge in [-0.25, -0.2) is 0 Å². The molecule has 2 unspecified atom stereocenters. The third-order valence-electron chi connectivity index (χ3n) is 21.1. The lowest BCUT2D eigenvalue weighted by Gasteiger charge is -2.71. The molecular weight excluding hydrogens is 884 g/mol. The summed E-state index contributed by atoms with van der Waals surface area (Å²) in [6.45, 7) is 26.5. The van der Waals surface area contributed by atoms with Gasteiger partial charge in [-0.3, -0.25) is 24.0 Å². The summed E-state index contributed by atoms with van der Waals surface area (Å²) >= 11 is 6.29. The highest BCUT2D eigenvalue weighted by atomic mass is 35.5. The van der Waals surface area contributed by atoms with Crippen molar-refractivity contribution >= 4 is 41.1 Å². The summed E-state index contributed by atoms with van der Waals surface area (Å²) in [6.07, 6.45) is 6.46. The van der Waals surface area contributed by atoms with E-state index in [9.17, 15) is 34.2 Å². The van der Waals surface area contributed by atoms with Gasteiger partial charge in [-0.1, -0.05) is 84.7 Å². The molecular formula is C55H75ClN2O10. The van der Waals surface area contributed by atoms with E-state index in [0.717, 1.165) is 56.1 Å². The molecule has 7 fully saturated rings. The molecule has 1 aromatic rings. The summed E-state index contributed by atoms with van der Waals surface area (Å²) < 4.78 is 18.0. The first-order valence-corrected chi connectivity index (χ1v) is 25.8. The lowest BCUT2D eigenvalue weighted by molar-refractivity contribution is -0.222. The first kappa shape index (κ1) is 49.2. The van der Waals surface area contributed by atoms with Gasteiger partial charge in [0, 0.05) is 40.7 Å². The molecule has 0 radical (unpaired) electrons. The predicted octanol–water partition coefficient (Wildman–Crippen LogP) is 9.05. The third kappa shape index (κ3) is 6.66. The Kier molecular flexibility index (Phi) is 11.7. The van der Waals surface area contributed by atoms with Crippen molar-refractivity contribution in [3.8, 4) is 5.75 Å². The van der Waals surface area contributed by atoms with Gasteiger partial charge < -0.3 is 35.1 Å². The monoisotopic (exact) mass is 959 g/mol. The van der Waals surface area contributed by atoms with Crippen molar-refractivity contribution in [3.05, 3.63) is 52.1 Å². The molecule has 372 valence electrons. The molecule has 1 spiro atoms. The van der Waals surface area contributed by atoms with E-state index in [1.807, 2.05) is 13.8 Å². The fraction of sp³-hybridized carbons (Fsp3) is 0.727.